The molecule has 2 aromatic heterocycles. The molecule has 5 rings (SSSR count). The van der Waals surface area contributed by atoms with Crippen molar-refractivity contribution in [3.8, 4) is 0 Å². The summed E-state index contributed by atoms with van der Waals surface area (Å²) in [6.07, 6.45) is 4.82. The molecule has 0 amide bonds. The van der Waals surface area contributed by atoms with Crippen LogP contribution in [0.2, 0.25) is 0 Å². The van der Waals surface area contributed by atoms with E-state index in [-0.39, 0.29) is 11.4 Å². The third kappa shape index (κ3) is 3.54. The third-order valence-electron chi connectivity index (χ3n) is 5.96. The molecule has 2 aliphatic rings. The molecule has 30 heavy (non-hydrogen) atoms. The zero-order chi connectivity index (χ0) is 20.7. The van der Waals surface area contributed by atoms with Crippen molar-refractivity contribution in [2.24, 2.45) is 5.92 Å². The van der Waals surface area contributed by atoms with Crippen molar-refractivity contribution in [2.45, 2.75) is 45.8 Å². The van der Waals surface area contributed by atoms with Crippen LogP contribution in [0.25, 0.3) is 11.0 Å². The topological polar surface area (TPSA) is 77.6 Å². The molecule has 156 valence electrons. The zero-order valence-corrected chi connectivity index (χ0v) is 17.1. The van der Waals surface area contributed by atoms with Crippen LogP contribution in [-0.4, -0.2) is 33.8 Å². The molecular formula is C23H25N3O4. The first kappa shape index (κ1) is 19.1. The quantitative estimate of drug-likeness (QED) is 0.584. The fourth-order valence-electron chi connectivity index (χ4n) is 4.21. The zero-order valence-electron chi connectivity index (χ0n) is 17.1. The molecule has 3 heterocycles. The van der Waals surface area contributed by atoms with Crippen molar-refractivity contribution in [1.82, 2.24) is 14.7 Å². The summed E-state index contributed by atoms with van der Waals surface area (Å²) in [5.41, 5.74) is 3.70. The van der Waals surface area contributed by atoms with E-state index in [1.165, 1.54) is 12.8 Å². The van der Waals surface area contributed by atoms with Crippen molar-refractivity contribution in [2.75, 3.05) is 13.2 Å². The summed E-state index contributed by atoms with van der Waals surface area (Å²) < 4.78 is 12.9. The van der Waals surface area contributed by atoms with Crippen LogP contribution in [0.3, 0.4) is 0 Å². The second-order valence-corrected chi connectivity index (χ2v) is 8.17. The predicted octanol–water partition coefficient (Wildman–Crippen LogP) is 3.13. The first-order valence-electron chi connectivity index (χ1n) is 10.6. The van der Waals surface area contributed by atoms with Crippen molar-refractivity contribution in [3.05, 3.63) is 63.3 Å². The van der Waals surface area contributed by atoms with Gasteiger partial charge in [0.1, 0.15) is 5.58 Å². The number of carbonyl (C=O) groups is 1. The number of fused-ring (bicyclic) bond motifs is 2. The molecule has 1 saturated carbocycles. The molecule has 0 saturated heterocycles. The summed E-state index contributed by atoms with van der Waals surface area (Å²) in [4.78, 5) is 27.6. The normalized spacial score (nSPS) is 16.6. The summed E-state index contributed by atoms with van der Waals surface area (Å²) in [7, 11) is 0. The van der Waals surface area contributed by atoms with Gasteiger partial charge in [-0.15, -0.1) is 0 Å². The molecule has 0 N–H and O–H groups in total. The molecule has 7 heteroatoms. The van der Waals surface area contributed by atoms with E-state index >= 15 is 0 Å². The number of nitrogens with zero attached hydrogens (tertiary/aromatic N) is 3. The molecule has 1 aliphatic carbocycles. The van der Waals surface area contributed by atoms with Crippen LogP contribution in [0.1, 0.15) is 47.1 Å². The minimum atomic E-state index is -0.365. The summed E-state index contributed by atoms with van der Waals surface area (Å²) in [6.45, 7) is 4.85. The Morgan fingerprint density at radius 3 is 2.93 bits per heavy atom. The highest BCUT2D eigenvalue weighted by molar-refractivity contribution is 5.89. The Labute approximate surface area is 174 Å². The van der Waals surface area contributed by atoms with Gasteiger partial charge in [0.25, 0.3) is 0 Å². The molecule has 0 atom stereocenters. The van der Waals surface area contributed by atoms with Crippen LogP contribution in [-0.2, 0) is 30.8 Å². The van der Waals surface area contributed by atoms with E-state index in [0.29, 0.717) is 47.8 Å². The van der Waals surface area contributed by atoms with Crippen molar-refractivity contribution in [1.29, 1.82) is 0 Å². The number of hydrogen-bond acceptors (Lipinski definition) is 6. The minimum Gasteiger partial charge on any atom is -0.464 e. The second-order valence-electron chi connectivity index (χ2n) is 8.17. The Bertz CT molecular complexity index is 1160. The van der Waals surface area contributed by atoms with E-state index in [2.05, 4.69) is 10.00 Å². The van der Waals surface area contributed by atoms with Gasteiger partial charge in [-0.25, -0.2) is 4.79 Å². The van der Waals surface area contributed by atoms with Crippen LogP contribution in [0, 0.1) is 5.92 Å². The highest BCUT2D eigenvalue weighted by Crippen LogP contribution is 2.33. The lowest BCUT2D eigenvalue weighted by Crippen LogP contribution is -2.33. The van der Waals surface area contributed by atoms with Gasteiger partial charge >= 0.3 is 5.97 Å². The van der Waals surface area contributed by atoms with E-state index in [9.17, 15) is 9.59 Å². The second kappa shape index (κ2) is 7.72. The Kier molecular flexibility index (Phi) is 4.90. The summed E-state index contributed by atoms with van der Waals surface area (Å²) in [6, 6.07) is 7.29. The molecular weight excluding hydrogens is 382 g/mol. The van der Waals surface area contributed by atoms with Gasteiger partial charge < -0.3 is 9.15 Å². The average Bonchev–Trinajstić information content (AvgIpc) is 3.50. The van der Waals surface area contributed by atoms with Crippen LogP contribution in [0.4, 0.5) is 0 Å². The van der Waals surface area contributed by atoms with Gasteiger partial charge in [0, 0.05) is 49.4 Å². The molecule has 3 aromatic rings. The number of para-hydroxylation sites is 1. The van der Waals surface area contributed by atoms with Gasteiger partial charge in [-0.1, -0.05) is 12.1 Å². The highest BCUT2D eigenvalue weighted by atomic mass is 16.5. The SMILES string of the molecule is CCOC(=O)c1nn(CC2CC2)c2c1CN(Cc1coc3ccccc3c1=O)CC2. The van der Waals surface area contributed by atoms with E-state index < -0.39 is 0 Å². The monoisotopic (exact) mass is 407 g/mol. The summed E-state index contributed by atoms with van der Waals surface area (Å²) >= 11 is 0. The number of ether oxygens (including phenoxy) is 1. The number of benzene rings is 1. The number of rotatable bonds is 6. The number of carbonyl (C=O) groups excluding carboxylic acids is 1. The van der Waals surface area contributed by atoms with Gasteiger partial charge in [-0.2, -0.15) is 5.10 Å². The number of hydrogen-bond donors (Lipinski definition) is 0. The average molecular weight is 407 g/mol. The van der Waals surface area contributed by atoms with E-state index in [0.717, 1.165) is 30.8 Å². The van der Waals surface area contributed by atoms with E-state index in [1.54, 1.807) is 25.3 Å². The number of esters is 1. The van der Waals surface area contributed by atoms with E-state index in [1.807, 2.05) is 16.8 Å². The van der Waals surface area contributed by atoms with Crippen LogP contribution < -0.4 is 5.43 Å². The fourth-order valence-corrected chi connectivity index (χ4v) is 4.21. The molecule has 1 aromatic carbocycles. The Morgan fingerprint density at radius 2 is 2.13 bits per heavy atom. The summed E-state index contributed by atoms with van der Waals surface area (Å²) in [5.74, 6) is 0.305. The van der Waals surface area contributed by atoms with Crippen LogP contribution in [0.15, 0.2) is 39.7 Å². The van der Waals surface area contributed by atoms with Gasteiger partial charge in [0.2, 0.25) is 0 Å². The maximum Gasteiger partial charge on any atom is 0.359 e. The van der Waals surface area contributed by atoms with Crippen LogP contribution in [0.5, 0.6) is 0 Å². The molecule has 0 radical (unpaired) electrons. The highest BCUT2D eigenvalue weighted by Gasteiger charge is 2.31. The smallest absolute Gasteiger partial charge is 0.359 e. The molecule has 0 spiro atoms. The minimum absolute atomic E-state index is 0.00214. The predicted molar refractivity (Wildman–Crippen MR) is 111 cm³/mol. The maximum absolute atomic E-state index is 12.9. The van der Waals surface area contributed by atoms with Gasteiger partial charge in [-0.3, -0.25) is 14.4 Å². The van der Waals surface area contributed by atoms with Crippen molar-refractivity contribution >= 4 is 16.9 Å². The van der Waals surface area contributed by atoms with Crippen molar-refractivity contribution in [3.63, 3.8) is 0 Å². The third-order valence-corrected chi connectivity index (χ3v) is 5.96. The molecule has 0 unspecified atom stereocenters. The van der Waals surface area contributed by atoms with E-state index in [4.69, 9.17) is 9.15 Å². The van der Waals surface area contributed by atoms with Gasteiger partial charge in [0.05, 0.1) is 18.3 Å². The largest absolute Gasteiger partial charge is 0.464 e. The van der Waals surface area contributed by atoms with Gasteiger partial charge in [0.15, 0.2) is 11.1 Å². The first-order chi connectivity index (χ1) is 14.6. The maximum atomic E-state index is 12.9. The van der Waals surface area contributed by atoms with Crippen LogP contribution >= 0.6 is 0 Å². The lowest BCUT2D eigenvalue weighted by atomic mass is 10.0. The molecule has 1 fully saturated rings. The standard InChI is InChI=1S/C23H25N3O4/c1-2-29-23(28)21-18-13-25(10-9-19(18)26(24-21)11-15-7-8-15)12-16-14-30-20-6-4-3-5-17(20)22(16)27/h3-6,14-15H,2,7-13H2,1H3. The van der Waals surface area contributed by atoms with Gasteiger partial charge in [-0.05, 0) is 37.8 Å². The Hall–Kier alpha value is -2.93. The lowest BCUT2D eigenvalue weighted by molar-refractivity contribution is 0.0515. The van der Waals surface area contributed by atoms with Crippen molar-refractivity contribution < 1.29 is 13.9 Å². The number of aromatic nitrogens is 2. The molecule has 1 aliphatic heterocycles. The first-order valence-corrected chi connectivity index (χ1v) is 10.6. The molecule has 0 bridgehead atoms. The lowest BCUT2D eigenvalue weighted by Gasteiger charge is -2.27. The molecule has 7 nitrogen and oxygen atoms in total. The Balaban J connectivity index is 1.42. The summed E-state index contributed by atoms with van der Waals surface area (Å²) in [5, 5.41) is 5.22. The Morgan fingerprint density at radius 1 is 1.30 bits per heavy atom. The fraction of sp³-hybridized carbons (Fsp3) is 0.435.